The first-order chi connectivity index (χ1) is 18.0. The molecular weight excluding hydrogens is 514 g/mol. The number of ether oxygens (including phenoxy) is 8. The fraction of sp³-hybridized carbons (Fsp3) is 0.826. The minimum Gasteiger partial charge on any atom is -0.463 e. The summed E-state index contributed by atoms with van der Waals surface area (Å²) in [6.07, 6.45) is -5.79. The van der Waals surface area contributed by atoms with Crippen molar-refractivity contribution in [3.63, 3.8) is 0 Å². The molecule has 1 amide bonds. The molecule has 1 saturated heterocycles. The van der Waals surface area contributed by atoms with Gasteiger partial charge in [-0.05, 0) is 0 Å². The molecule has 0 saturated carbocycles. The van der Waals surface area contributed by atoms with E-state index in [4.69, 9.17) is 53.8 Å². The Morgan fingerprint density at radius 2 is 1.39 bits per heavy atom. The number of aliphatic hydroxyl groups excluding tert-OH is 2. The Morgan fingerprint density at radius 1 is 0.842 bits per heavy atom. The molecule has 15 heteroatoms. The standard InChI is InChI=1S/C23H39NO14/c1-14(26)35-13-19-22(37-16(3)28)21(36-15(2)27)18(10-20(24)30)23(38-19)34-9-8-32-5-4-31-6-7-33-12-17(29)11-25/h17-19,21-23,25,29H,4-13H2,1-3H3,(H2,24,30)/t17-,18+,19+,21+,22-,23+/m0/s1. The smallest absolute Gasteiger partial charge is 0.303 e. The summed E-state index contributed by atoms with van der Waals surface area (Å²) in [7, 11) is 0. The zero-order valence-corrected chi connectivity index (χ0v) is 21.9. The van der Waals surface area contributed by atoms with E-state index in [2.05, 4.69) is 0 Å². The van der Waals surface area contributed by atoms with Crippen molar-refractivity contribution in [1.29, 1.82) is 0 Å². The number of nitrogens with two attached hydrogens (primary N) is 1. The van der Waals surface area contributed by atoms with Crippen LogP contribution in [-0.2, 0) is 57.1 Å². The van der Waals surface area contributed by atoms with E-state index < -0.39 is 60.4 Å². The van der Waals surface area contributed by atoms with E-state index in [1.54, 1.807) is 0 Å². The molecule has 6 atom stereocenters. The van der Waals surface area contributed by atoms with Gasteiger partial charge in [0, 0.05) is 27.2 Å². The first-order valence-electron chi connectivity index (χ1n) is 12.1. The average molecular weight is 554 g/mol. The van der Waals surface area contributed by atoms with Gasteiger partial charge in [0.2, 0.25) is 5.91 Å². The van der Waals surface area contributed by atoms with E-state index in [-0.39, 0.29) is 65.9 Å². The topological polar surface area (TPSA) is 209 Å². The minimum absolute atomic E-state index is 0.00734. The van der Waals surface area contributed by atoms with E-state index in [1.165, 1.54) is 6.92 Å². The van der Waals surface area contributed by atoms with Crippen molar-refractivity contribution in [2.24, 2.45) is 11.7 Å². The van der Waals surface area contributed by atoms with Crippen molar-refractivity contribution >= 4 is 23.8 Å². The molecule has 220 valence electrons. The van der Waals surface area contributed by atoms with Crippen LogP contribution in [0.2, 0.25) is 0 Å². The van der Waals surface area contributed by atoms with Gasteiger partial charge in [-0.25, -0.2) is 0 Å². The summed E-state index contributed by atoms with van der Waals surface area (Å²) in [5, 5.41) is 17.8. The molecule has 1 heterocycles. The van der Waals surface area contributed by atoms with Crippen LogP contribution < -0.4 is 5.73 Å². The fourth-order valence-corrected chi connectivity index (χ4v) is 3.52. The Hall–Kier alpha value is -2.40. The second-order valence-corrected chi connectivity index (χ2v) is 8.33. The van der Waals surface area contributed by atoms with Gasteiger partial charge in [-0.3, -0.25) is 19.2 Å². The number of hydrogen-bond acceptors (Lipinski definition) is 14. The summed E-state index contributed by atoms with van der Waals surface area (Å²) in [4.78, 5) is 46.7. The van der Waals surface area contributed by atoms with Crippen molar-refractivity contribution in [3.05, 3.63) is 0 Å². The van der Waals surface area contributed by atoms with Crippen molar-refractivity contribution in [3.8, 4) is 0 Å². The Labute approximate surface area is 220 Å². The molecular formula is C23H39NO14. The van der Waals surface area contributed by atoms with Gasteiger partial charge in [0.25, 0.3) is 0 Å². The summed E-state index contributed by atoms with van der Waals surface area (Å²) in [5.41, 5.74) is 5.39. The lowest BCUT2D eigenvalue weighted by atomic mass is 9.87. The zero-order valence-electron chi connectivity index (χ0n) is 21.9. The third-order valence-corrected chi connectivity index (χ3v) is 5.04. The third kappa shape index (κ3) is 13.9. The lowest BCUT2D eigenvalue weighted by molar-refractivity contribution is -0.293. The number of rotatable bonds is 19. The van der Waals surface area contributed by atoms with Crippen LogP contribution in [-0.4, -0.2) is 124 Å². The highest BCUT2D eigenvalue weighted by Crippen LogP contribution is 2.34. The van der Waals surface area contributed by atoms with Crippen molar-refractivity contribution < 1.29 is 67.3 Å². The number of carbonyl (C=O) groups excluding carboxylic acids is 4. The maximum absolute atomic E-state index is 11.8. The largest absolute Gasteiger partial charge is 0.463 e. The molecule has 0 aliphatic carbocycles. The number of hydrogen-bond donors (Lipinski definition) is 3. The average Bonchev–Trinajstić information content (AvgIpc) is 2.83. The highest BCUT2D eigenvalue weighted by atomic mass is 16.7. The molecule has 0 spiro atoms. The quantitative estimate of drug-likeness (QED) is 0.0902. The summed E-state index contributed by atoms with van der Waals surface area (Å²) in [6.45, 7) is 3.93. The molecule has 4 N–H and O–H groups in total. The normalized spacial score (nSPS) is 23.9. The van der Waals surface area contributed by atoms with Gasteiger partial charge in [0.1, 0.15) is 24.9 Å². The Bertz CT molecular complexity index is 735. The van der Waals surface area contributed by atoms with Gasteiger partial charge < -0.3 is 53.8 Å². The van der Waals surface area contributed by atoms with Gasteiger partial charge in [0.15, 0.2) is 12.4 Å². The molecule has 0 radical (unpaired) electrons. The van der Waals surface area contributed by atoms with E-state index >= 15 is 0 Å². The van der Waals surface area contributed by atoms with Crippen LogP contribution in [0.5, 0.6) is 0 Å². The molecule has 1 aliphatic rings. The Morgan fingerprint density at radius 3 is 1.92 bits per heavy atom. The van der Waals surface area contributed by atoms with E-state index in [0.717, 1.165) is 13.8 Å². The van der Waals surface area contributed by atoms with Crippen molar-refractivity contribution in [1.82, 2.24) is 0 Å². The van der Waals surface area contributed by atoms with Crippen LogP contribution >= 0.6 is 0 Å². The summed E-state index contributed by atoms with van der Waals surface area (Å²) in [5.74, 6) is -3.67. The second-order valence-electron chi connectivity index (χ2n) is 8.33. The molecule has 0 bridgehead atoms. The lowest BCUT2D eigenvalue weighted by Gasteiger charge is -2.44. The van der Waals surface area contributed by atoms with E-state index in [9.17, 15) is 19.2 Å². The minimum atomic E-state index is -1.19. The molecule has 1 fully saturated rings. The zero-order chi connectivity index (χ0) is 28.5. The lowest BCUT2D eigenvalue weighted by Crippen LogP contribution is -2.60. The third-order valence-electron chi connectivity index (χ3n) is 5.04. The maximum atomic E-state index is 11.8. The summed E-state index contributed by atoms with van der Waals surface area (Å²) >= 11 is 0. The van der Waals surface area contributed by atoms with Gasteiger partial charge >= 0.3 is 17.9 Å². The second kappa shape index (κ2) is 18.8. The van der Waals surface area contributed by atoms with Crippen LogP contribution in [0.3, 0.4) is 0 Å². The molecule has 15 nitrogen and oxygen atoms in total. The van der Waals surface area contributed by atoms with Gasteiger partial charge in [0.05, 0.1) is 58.8 Å². The SMILES string of the molecule is CC(=O)OC[C@H]1O[C@@H](OCCOCCOCCOC[C@@H](O)CO)[C@H](CC(N)=O)[C@@H](OC(C)=O)[C@H]1OC(C)=O. The molecule has 38 heavy (non-hydrogen) atoms. The predicted molar refractivity (Wildman–Crippen MR) is 125 cm³/mol. The highest BCUT2D eigenvalue weighted by molar-refractivity contribution is 5.74. The van der Waals surface area contributed by atoms with Crippen LogP contribution in [0, 0.1) is 5.92 Å². The summed E-state index contributed by atoms with van der Waals surface area (Å²) < 4.78 is 43.2. The molecule has 0 aromatic heterocycles. The number of primary amides is 1. The maximum Gasteiger partial charge on any atom is 0.303 e. The fourth-order valence-electron chi connectivity index (χ4n) is 3.52. The first-order valence-corrected chi connectivity index (χ1v) is 12.1. The monoisotopic (exact) mass is 553 g/mol. The van der Waals surface area contributed by atoms with E-state index in [0.29, 0.717) is 0 Å². The molecule has 1 rings (SSSR count). The van der Waals surface area contributed by atoms with Crippen LogP contribution in [0.4, 0.5) is 0 Å². The van der Waals surface area contributed by atoms with Crippen molar-refractivity contribution in [2.45, 2.75) is 57.9 Å². The number of amides is 1. The van der Waals surface area contributed by atoms with Crippen LogP contribution in [0.25, 0.3) is 0 Å². The van der Waals surface area contributed by atoms with Gasteiger partial charge in [-0.15, -0.1) is 0 Å². The molecule has 0 unspecified atom stereocenters. The van der Waals surface area contributed by atoms with Gasteiger partial charge in [-0.2, -0.15) is 0 Å². The molecule has 0 aromatic rings. The number of aliphatic hydroxyl groups is 2. The molecule has 1 aliphatic heterocycles. The number of carbonyl (C=O) groups is 4. The van der Waals surface area contributed by atoms with Crippen LogP contribution in [0.1, 0.15) is 27.2 Å². The Balaban J connectivity index is 2.68. The molecule has 0 aromatic carbocycles. The highest BCUT2D eigenvalue weighted by Gasteiger charge is 2.51. The number of esters is 3. The first kappa shape index (κ1) is 33.6. The predicted octanol–water partition coefficient (Wildman–Crippen LogP) is -1.95. The van der Waals surface area contributed by atoms with Gasteiger partial charge in [-0.1, -0.05) is 0 Å². The van der Waals surface area contributed by atoms with Crippen LogP contribution in [0.15, 0.2) is 0 Å². The van der Waals surface area contributed by atoms with Crippen molar-refractivity contribution in [2.75, 3.05) is 59.5 Å². The summed E-state index contributed by atoms with van der Waals surface area (Å²) in [6, 6.07) is 0. The van der Waals surface area contributed by atoms with E-state index in [1.807, 2.05) is 0 Å². The Kier molecular flexibility index (Phi) is 16.6.